The van der Waals surface area contributed by atoms with E-state index in [1.54, 1.807) is 50.0 Å². The van der Waals surface area contributed by atoms with Crippen LogP contribution in [0.4, 0.5) is 10.6 Å². The normalized spacial score (nSPS) is 11.2. The molecule has 32 heavy (non-hydrogen) atoms. The van der Waals surface area contributed by atoms with Crippen molar-refractivity contribution in [3.63, 3.8) is 0 Å². The largest absolute Gasteiger partial charge is 0.455 e. The van der Waals surface area contributed by atoms with Gasteiger partial charge in [-0.1, -0.05) is 0 Å². The number of pyridine rings is 2. The van der Waals surface area contributed by atoms with Gasteiger partial charge >= 0.3 is 6.03 Å². The monoisotopic (exact) mass is 438 g/mol. The summed E-state index contributed by atoms with van der Waals surface area (Å²) in [6.07, 6.45) is 5.26. The molecule has 0 radical (unpaired) electrons. The number of nitrogens with one attached hydrogen (secondary N) is 2. The van der Waals surface area contributed by atoms with E-state index in [1.165, 1.54) is 7.11 Å². The SMILES string of the molecule is COC(C)(C)C(=O)NC(=O)Nc1cc(C)c(Oc2ccnc(-c3cnn(C)c3)c2)c(C)n1. The Labute approximate surface area is 186 Å². The molecule has 0 fully saturated rings. The van der Waals surface area contributed by atoms with E-state index in [1.807, 2.05) is 26.2 Å². The summed E-state index contributed by atoms with van der Waals surface area (Å²) >= 11 is 0. The topological polar surface area (TPSA) is 120 Å². The quantitative estimate of drug-likeness (QED) is 0.605. The molecular weight excluding hydrogens is 412 g/mol. The number of hydrogen-bond donors (Lipinski definition) is 2. The van der Waals surface area contributed by atoms with Crippen LogP contribution in [0.15, 0.2) is 36.8 Å². The summed E-state index contributed by atoms with van der Waals surface area (Å²) in [6.45, 7) is 6.74. The third-order valence-electron chi connectivity index (χ3n) is 4.81. The van der Waals surface area contributed by atoms with Crippen LogP contribution in [0.25, 0.3) is 11.3 Å². The van der Waals surface area contributed by atoms with Crippen LogP contribution in [0.5, 0.6) is 11.5 Å². The summed E-state index contributed by atoms with van der Waals surface area (Å²) in [6, 6.07) is 4.53. The lowest BCUT2D eigenvalue weighted by atomic mass is 10.1. The molecule has 10 nitrogen and oxygen atoms in total. The number of aryl methyl sites for hydroxylation is 3. The Balaban J connectivity index is 1.74. The van der Waals surface area contributed by atoms with Crippen molar-refractivity contribution in [2.75, 3.05) is 12.4 Å². The van der Waals surface area contributed by atoms with Crippen molar-refractivity contribution < 1.29 is 19.1 Å². The lowest BCUT2D eigenvalue weighted by molar-refractivity contribution is -0.138. The van der Waals surface area contributed by atoms with E-state index < -0.39 is 17.5 Å². The van der Waals surface area contributed by atoms with Gasteiger partial charge in [-0.2, -0.15) is 5.10 Å². The number of hydrogen-bond acceptors (Lipinski definition) is 7. The van der Waals surface area contributed by atoms with Gasteiger partial charge in [-0.15, -0.1) is 0 Å². The smallest absolute Gasteiger partial charge is 0.327 e. The maximum atomic E-state index is 12.2. The molecule has 0 bridgehead atoms. The number of ether oxygens (including phenoxy) is 2. The number of carbonyl (C=O) groups is 2. The minimum atomic E-state index is -1.13. The zero-order valence-corrected chi connectivity index (χ0v) is 18.9. The molecule has 3 aromatic rings. The van der Waals surface area contributed by atoms with Crippen LogP contribution < -0.4 is 15.4 Å². The molecule has 0 atom stereocenters. The third kappa shape index (κ3) is 5.27. The summed E-state index contributed by atoms with van der Waals surface area (Å²) in [5.41, 5.74) is 1.81. The number of imide groups is 1. The fourth-order valence-corrected chi connectivity index (χ4v) is 2.84. The fraction of sp³-hybridized carbons (Fsp3) is 0.318. The molecule has 3 rings (SSSR count). The van der Waals surface area contributed by atoms with Gasteiger partial charge in [0.25, 0.3) is 5.91 Å². The highest BCUT2D eigenvalue weighted by atomic mass is 16.5. The number of methoxy groups -OCH3 is 1. The highest BCUT2D eigenvalue weighted by Gasteiger charge is 2.28. The lowest BCUT2D eigenvalue weighted by Gasteiger charge is -2.21. The van der Waals surface area contributed by atoms with Gasteiger partial charge in [0.2, 0.25) is 0 Å². The molecule has 0 aliphatic carbocycles. The Morgan fingerprint density at radius 1 is 1.19 bits per heavy atom. The molecular formula is C22H26N6O4. The van der Waals surface area contributed by atoms with Gasteiger partial charge in [0.1, 0.15) is 17.2 Å². The molecule has 0 unspecified atom stereocenters. The van der Waals surface area contributed by atoms with Gasteiger partial charge in [0, 0.05) is 38.2 Å². The van der Waals surface area contributed by atoms with Crippen LogP contribution in [0.1, 0.15) is 25.1 Å². The summed E-state index contributed by atoms with van der Waals surface area (Å²) in [5, 5.41) is 8.96. The van der Waals surface area contributed by atoms with E-state index in [4.69, 9.17) is 9.47 Å². The number of amides is 3. The maximum Gasteiger partial charge on any atom is 0.327 e. The summed E-state index contributed by atoms with van der Waals surface area (Å²) in [7, 11) is 3.24. The first-order valence-electron chi connectivity index (χ1n) is 9.88. The third-order valence-corrected chi connectivity index (χ3v) is 4.81. The second-order valence-corrected chi connectivity index (χ2v) is 7.74. The molecule has 0 saturated heterocycles. The number of nitrogens with zero attached hydrogens (tertiary/aromatic N) is 4. The first kappa shape index (κ1) is 22.9. The molecule has 10 heteroatoms. The van der Waals surface area contributed by atoms with Gasteiger partial charge in [0.15, 0.2) is 5.75 Å². The molecule has 3 heterocycles. The predicted octanol–water partition coefficient (Wildman–Crippen LogP) is 3.36. The molecule has 2 N–H and O–H groups in total. The Hall–Kier alpha value is -3.79. The first-order chi connectivity index (χ1) is 15.1. The summed E-state index contributed by atoms with van der Waals surface area (Å²) in [5.74, 6) is 0.889. The van der Waals surface area contributed by atoms with Crippen LogP contribution in [0.2, 0.25) is 0 Å². The van der Waals surface area contributed by atoms with Gasteiger partial charge in [-0.25, -0.2) is 9.78 Å². The van der Waals surface area contributed by atoms with E-state index >= 15 is 0 Å². The van der Waals surface area contributed by atoms with Crippen molar-refractivity contribution in [2.24, 2.45) is 7.05 Å². The number of aromatic nitrogens is 4. The van der Waals surface area contributed by atoms with Crippen LogP contribution in [-0.4, -0.2) is 44.4 Å². The van der Waals surface area contributed by atoms with Gasteiger partial charge in [-0.05, 0) is 45.4 Å². The average Bonchev–Trinajstić information content (AvgIpc) is 3.17. The molecule has 3 amide bonds. The molecule has 0 spiro atoms. The van der Waals surface area contributed by atoms with Crippen LogP contribution in [-0.2, 0) is 16.6 Å². The van der Waals surface area contributed by atoms with E-state index in [9.17, 15) is 9.59 Å². The van der Waals surface area contributed by atoms with Gasteiger partial charge < -0.3 is 9.47 Å². The first-order valence-corrected chi connectivity index (χ1v) is 9.88. The van der Waals surface area contributed by atoms with Crippen molar-refractivity contribution in [1.29, 1.82) is 0 Å². The number of urea groups is 1. The molecule has 0 aromatic carbocycles. The van der Waals surface area contributed by atoms with Crippen molar-refractivity contribution in [3.05, 3.63) is 48.0 Å². The highest BCUT2D eigenvalue weighted by Crippen LogP contribution is 2.31. The molecule has 168 valence electrons. The van der Waals surface area contributed by atoms with Gasteiger partial charge in [0.05, 0.1) is 17.6 Å². The Morgan fingerprint density at radius 2 is 1.94 bits per heavy atom. The van der Waals surface area contributed by atoms with E-state index in [0.717, 1.165) is 16.8 Å². The van der Waals surface area contributed by atoms with Crippen LogP contribution in [0.3, 0.4) is 0 Å². The number of carbonyl (C=O) groups excluding carboxylic acids is 2. The van der Waals surface area contributed by atoms with Crippen molar-refractivity contribution in [3.8, 4) is 22.8 Å². The Kier molecular flexibility index (Phi) is 6.54. The average molecular weight is 438 g/mol. The zero-order valence-electron chi connectivity index (χ0n) is 18.9. The summed E-state index contributed by atoms with van der Waals surface area (Å²) < 4.78 is 12.8. The molecule has 0 aliphatic rings. The maximum absolute atomic E-state index is 12.2. The van der Waals surface area contributed by atoms with Crippen molar-refractivity contribution >= 4 is 17.8 Å². The predicted molar refractivity (Wildman–Crippen MR) is 118 cm³/mol. The van der Waals surface area contributed by atoms with Crippen molar-refractivity contribution in [1.82, 2.24) is 25.1 Å². The van der Waals surface area contributed by atoms with Crippen molar-refractivity contribution in [2.45, 2.75) is 33.3 Å². The summed E-state index contributed by atoms with van der Waals surface area (Å²) in [4.78, 5) is 33.0. The molecule has 0 aliphatic heterocycles. The lowest BCUT2D eigenvalue weighted by Crippen LogP contribution is -2.47. The van der Waals surface area contributed by atoms with Gasteiger partial charge in [-0.3, -0.25) is 25.1 Å². The fourth-order valence-electron chi connectivity index (χ4n) is 2.84. The van der Waals surface area contributed by atoms with E-state index in [2.05, 4.69) is 25.7 Å². The Bertz CT molecular complexity index is 1130. The molecule has 3 aromatic heterocycles. The van der Waals surface area contributed by atoms with E-state index in [-0.39, 0.29) is 0 Å². The second kappa shape index (κ2) is 9.15. The molecule has 0 saturated carbocycles. The number of rotatable bonds is 6. The highest BCUT2D eigenvalue weighted by molar-refractivity contribution is 6.03. The van der Waals surface area contributed by atoms with E-state index in [0.29, 0.717) is 23.0 Å². The van der Waals surface area contributed by atoms with Crippen LogP contribution >= 0.6 is 0 Å². The second-order valence-electron chi connectivity index (χ2n) is 7.74. The standard InChI is InChI=1S/C22H26N6O4/c1-13-9-18(26-21(30)27-20(29)22(3,4)31-6)25-14(2)19(13)32-16-7-8-23-17(10-16)15-11-24-28(5)12-15/h7-12H,1-6H3,(H2,25,26,27,29,30). The minimum Gasteiger partial charge on any atom is -0.455 e. The Morgan fingerprint density at radius 3 is 2.56 bits per heavy atom. The number of anilines is 1. The zero-order chi connectivity index (χ0) is 23.5. The minimum absolute atomic E-state index is 0.290. The van der Waals surface area contributed by atoms with Crippen LogP contribution in [0, 0.1) is 13.8 Å².